The predicted molar refractivity (Wildman–Crippen MR) is 77.7 cm³/mol. The van der Waals surface area contributed by atoms with Crippen molar-refractivity contribution in [2.24, 2.45) is 0 Å². The highest BCUT2D eigenvalue weighted by atomic mass is 32.2. The van der Waals surface area contributed by atoms with E-state index in [2.05, 4.69) is 10.0 Å². The van der Waals surface area contributed by atoms with Crippen molar-refractivity contribution >= 4 is 15.7 Å². The highest BCUT2D eigenvalue weighted by Gasteiger charge is 2.10. The van der Waals surface area contributed by atoms with Crippen LogP contribution in [0.4, 0.5) is 5.69 Å². The van der Waals surface area contributed by atoms with Crippen LogP contribution in [0.3, 0.4) is 0 Å². The molecule has 0 aliphatic carbocycles. The lowest BCUT2D eigenvalue weighted by molar-refractivity contribution is 0.588. The van der Waals surface area contributed by atoms with Crippen molar-refractivity contribution in [1.82, 2.24) is 4.72 Å². The zero-order chi connectivity index (χ0) is 13.9. The monoisotopic (exact) mass is 276 g/mol. The maximum absolute atomic E-state index is 11.6. The molecule has 0 atom stereocenters. The molecule has 2 aromatic carbocycles. The first-order valence-electron chi connectivity index (χ1n) is 5.88. The number of hydrogen-bond donors (Lipinski definition) is 2. The molecule has 2 N–H and O–H groups in total. The van der Waals surface area contributed by atoms with E-state index in [9.17, 15) is 8.42 Å². The Hall–Kier alpha value is -1.85. The average molecular weight is 276 g/mol. The smallest absolute Gasteiger partial charge is 0.240 e. The van der Waals surface area contributed by atoms with Crippen LogP contribution >= 0.6 is 0 Å². The molecule has 5 heteroatoms. The second kappa shape index (κ2) is 5.42. The van der Waals surface area contributed by atoms with Crippen LogP contribution in [0.1, 0.15) is 0 Å². The molecule has 0 aromatic heterocycles. The maximum Gasteiger partial charge on any atom is 0.240 e. The summed E-state index contributed by atoms with van der Waals surface area (Å²) < 4.78 is 25.6. The standard InChI is InChI=1S/C14H16N2O2S/c1-15-13-5-3-4-12(10-13)11-6-8-14(9-7-11)19(17,18)16-2/h3-10,15-16H,1-2H3. The Balaban J connectivity index is 2.37. The van der Waals surface area contributed by atoms with Crippen molar-refractivity contribution in [1.29, 1.82) is 0 Å². The molecule has 2 aromatic rings. The highest BCUT2D eigenvalue weighted by Crippen LogP contribution is 2.23. The van der Waals surface area contributed by atoms with Crippen molar-refractivity contribution in [3.63, 3.8) is 0 Å². The Labute approximate surface area is 113 Å². The number of nitrogens with one attached hydrogen (secondary N) is 2. The second-order valence-corrected chi connectivity index (χ2v) is 5.95. The van der Waals surface area contributed by atoms with Gasteiger partial charge in [0.1, 0.15) is 0 Å². The third-order valence-corrected chi connectivity index (χ3v) is 4.35. The van der Waals surface area contributed by atoms with Gasteiger partial charge in [-0.2, -0.15) is 0 Å². The summed E-state index contributed by atoms with van der Waals surface area (Å²) >= 11 is 0. The van der Waals surface area contributed by atoms with Crippen molar-refractivity contribution in [3.05, 3.63) is 48.5 Å². The van der Waals surface area contributed by atoms with Crippen molar-refractivity contribution in [2.45, 2.75) is 4.90 Å². The van der Waals surface area contributed by atoms with Gasteiger partial charge in [-0.15, -0.1) is 0 Å². The molecule has 0 radical (unpaired) electrons. The van der Waals surface area contributed by atoms with Gasteiger partial charge in [-0.05, 0) is 42.4 Å². The zero-order valence-corrected chi connectivity index (χ0v) is 11.7. The first kappa shape index (κ1) is 13.6. The highest BCUT2D eigenvalue weighted by molar-refractivity contribution is 7.89. The van der Waals surface area contributed by atoms with Gasteiger partial charge < -0.3 is 5.32 Å². The Kier molecular flexibility index (Phi) is 3.87. The summed E-state index contributed by atoms with van der Waals surface area (Å²) in [6.07, 6.45) is 0. The second-order valence-electron chi connectivity index (χ2n) is 4.06. The van der Waals surface area contributed by atoms with E-state index in [4.69, 9.17) is 0 Å². The first-order valence-corrected chi connectivity index (χ1v) is 7.37. The van der Waals surface area contributed by atoms with Gasteiger partial charge in [0, 0.05) is 12.7 Å². The minimum atomic E-state index is -3.37. The molecule has 2 rings (SSSR count). The van der Waals surface area contributed by atoms with Crippen molar-refractivity contribution in [2.75, 3.05) is 19.4 Å². The minimum Gasteiger partial charge on any atom is -0.388 e. The van der Waals surface area contributed by atoms with E-state index in [1.165, 1.54) is 7.05 Å². The first-order chi connectivity index (χ1) is 9.06. The minimum absolute atomic E-state index is 0.267. The number of sulfonamides is 1. The molecule has 0 saturated carbocycles. The number of benzene rings is 2. The molecule has 19 heavy (non-hydrogen) atoms. The quantitative estimate of drug-likeness (QED) is 0.901. The van der Waals surface area contributed by atoms with E-state index in [1.807, 2.05) is 31.3 Å². The van der Waals surface area contributed by atoms with Crippen LogP contribution in [0, 0.1) is 0 Å². The van der Waals surface area contributed by atoms with E-state index in [0.717, 1.165) is 16.8 Å². The third-order valence-electron chi connectivity index (χ3n) is 2.92. The molecule has 0 saturated heterocycles. The Morgan fingerprint density at radius 1 is 0.895 bits per heavy atom. The van der Waals surface area contributed by atoms with Crippen LogP contribution in [0.2, 0.25) is 0 Å². The molecule has 0 aliphatic heterocycles. The summed E-state index contributed by atoms with van der Waals surface area (Å²) in [5.74, 6) is 0. The lowest BCUT2D eigenvalue weighted by Gasteiger charge is -2.07. The molecule has 0 unspecified atom stereocenters. The van der Waals surface area contributed by atoms with Gasteiger partial charge in [-0.1, -0.05) is 24.3 Å². The molecular formula is C14H16N2O2S. The van der Waals surface area contributed by atoms with Crippen LogP contribution in [0.25, 0.3) is 11.1 Å². The topological polar surface area (TPSA) is 58.2 Å². The van der Waals surface area contributed by atoms with Gasteiger partial charge in [0.25, 0.3) is 0 Å². The Morgan fingerprint density at radius 2 is 1.58 bits per heavy atom. The van der Waals surface area contributed by atoms with E-state index >= 15 is 0 Å². The van der Waals surface area contributed by atoms with Crippen molar-refractivity contribution < 1.29 is 8.42 Å². The normalized spacial score (nSPS) is 11.3. The molecular weight excluding hydrogens is 260 g/mol. The Morgan fingerprint density at radius 3 is 2.16 bits per heavy atom. The summed E-state index contributed by atoms with van der Waals surface area (Å²) in [6, 6.07) is 14.8. The molecule has 0 fully saturated rings. The van der Waals surface area contributed by atoms with Crippen LogP contribution in [0.15, 0.2) is 53.4 Å². The molecule has 0 amide bonds. The predicted octanol–water partition coefficient (Wildman–Crippen LogP) is 2.30. The van der Waals surface area contributed by atoms with Crippen LogP contribution in [0.5, 0.6) is 0 Å². The maximum atomic E-state index is 11.6. The van der Waals surface area contributed by atoms with Crippen LogP contribution in [-0.2, 0) is 10.0 Å². The fourth-order valence-corrected chi connectivity index (χ4v) is 2.53. The lowest BCUT2D eigenvalue weighted by atomic mass is 10.1. The van der Waals surface area contributed by atoms with Gasteiger partial charge in [0.05, 0.1) is 4.90 Å². The lowest BCUT2D eigenvalue weighted by Crippen LogP contribution is -2.18. The van der Waals surface area contributed by atoms with Crippen LogP contribution in [-0.4, -0.2) is 22.5 Å². The molecule has 100 valence electrons. The summed E-state index contributed by atoms with van der Waals surface area (Å²) in [6.45, 7) is 0. The number of hydrogen-bond acceptors (Lipinski definition) is 3. The van der Waals surface area contributed by atoms with E-state index in [-0.39, 0.29) is 4.90 Å². The van der Waals surface area contributed by atoms with Gasteiger partial charge in [0.2, 0.25) is 10.0 Å². The van der Waals surface area contributed by atoms with Gasteiger partial charge in [-0.3, -0.25) is 0 Å². The van der Waals surface area contributed by atoms with Crippen molar-refractivity contribution in [3.8, 4) is 11.1 Å². The Bertz CT molecular complexity index is 664. The summed E-state index contributed by atoms with van der Waals surface area (Å²) in [5.41, 5.74) is 3.04. The fraction of sp³-hybridized carbons (Fsp3) is 0.143. The molecule has 4 nitrogen and oxygen atoms in total. The molecule has 0 heterocycles. The third kappa shape index (κ3) is 2.94. The SMILES string of the molecule is CNc1cccc(-c2ccc(S(=O)(=O)NC)cc2)c1. The molecule has 0 bridgehead atoms. The summed E-state index contributed by atoms with van der Waals surface area (Å²) in [5, 5.41) is 3.08. The van der Waals surface area contributed by atoms with Gasteiger partial charge in [-0.25, -0.2) is 13.1 Å². The summed E-state index contributed by atoms with van der Waals surface area (Å²) in [4.78, 5) is 0.267. The largest absolute Gasteiger partial charge is 0.388 e. The van der Waals surface area contributed by atoms with E-state index in [1.54, 1.807) is 24.3 Å². The average Bonchev–Trinajstić information content (AvgIpc) is 2.47. The van der Waals surface area contributed by atoms with Crippen LogP contribution < -0.4 is 10.0 Å². The molecule has 0 aliphatic rings. The van der Waals surface area contributed by atoms with Gasteiger partial charge in [0.15, 0.2) is 0 Å². The number of rotatable bonds is 4. The summed E-state index contributed by atoms with van der Waals surface area (Å²) in [7, 11) is -0.107. The van der Waals surface area contributed by atoms with E-state index < -0.39 is 10.0 Å². The fourth-order valence-electron chi connectivity index (χ4n) is 1.80. The van der Waals surface area contributed by atoms with Gasteiger partial charge >= 0.3 is 0 Å². The molecule has 0 spiro atoms. The zero-order valence-electron chi connectivity index (χ0n) is 10.8. The van der Waals surface area contributed by atoms with E-state index in [0.29, 0.717) is 0 Å². The number of anilines is 1.